The van der Waals surface area contributed by atoms with Crippen LogP contribution in [-0.2, 0) is 0 Å². The number of hydrogen-bond donors (Lipinski definition) is 0. The van der Waals surface area contributed by atoms with Gasteiger partial charge in [0.1, 0.15) is 22.3 Å². The molecule has 0 saturated heterocycles. The highest BCUT2D eigenvalue weighted by Crippen LogP contribution is 2.42. The minimum Gasteiger partial charge on any atom is -0.452 e. The molecule has 186 valence electrons. The van der Waals surface area contributed by atoms with E-state index in [2.05, 4.69) is 72.8 Å². The van der Waals surface area contributed by atoms with E-state index in [1.165, 1.54) is 0 Å². The average Bonchev–Trinajstić information content (AvgIpc) is 3.75. The fourth-order valence-electron chi connectivity index (χ4n) is 6.39. The molecule has 0 fully saturated rings. The third-order valence-corrected chi connectivity index (χ3v) is 8.30. The van der Waals surface area contributed by atoms with Gasteiger partial charge in [-0.3, -0.25) is 0 Å². The van der Waals surface area contributed by atoms with Crippen molar-refractivity contribution in [1.29, 1.82) is 0 Å². The van der Waals surface area contributed by atoms with Crippen molar-refractivity contribution in [3.8, 4) is 11.1 Å². The van der Waals surface area contributed by atoms with Gasteiger partial charge in [-0.05, 0) is 71.8 Å². The van der Waals surface area contributed by atoms with E-state index in [0.29, 0.717) is 0 Å². The van der Waals surface area contributed by atoms with Crippen LogP contribution in [0.4, 0.5) is 0 Å². The summed E-state index contributed by atoms with van der Waals surface area (Å²) < 4.78 is 25.2. The highest BCUT2D eigenvalue weighted by Gasteiger charge is 2.18. The second kappa shape index (κ2) is 7.13. The van der Waals surface area contributed by atoms with Crippen molar-refractivity contribution in [2.24, 2.45) is 0 Å². The van der Waals surface area contributed by atoms with Gasteiger partial charge in [0.2, 0.25) is 0 Å². The number of benzene rings is 6. The van der Waals surface area contributed by atoms with E-state index in [-0.39, 0.29) is 0 Å². The number of rotatable bonds is 1. The van der Waals surface area contributed by atoms with Gasteiger partial charge in [-0.2, -0.15) is 0 Å². The Balaban J connectivity index is 1.18. The van der Waals surface area contributed by atoms with Gasteiger partial charge in [-0.1, -0.05) is 48.5 Å². The van der Waals surface area contributed by atoms with Crippen LogP contribution in [0.3, 0.4) is 0 Å². The molecule has 0 bridgehead atoms. The van der Waals surface area contributed by atoms with Crippen LogP contribution in [0, 0.1) is 0 Å². The molecule has 4 aromatic heterocycles. The van der Waals surface area contributed by atoms with Crippen molar-refractivity contribution in [2.75, 3.05) is 0 Å². The van der Waals surface area contributed by atoms with Crippen molar-refractivity contribution >= 4 is 87.8 Å². The standard InChI is InChI=1S/C36H18O4/c1-3-7-29-21(5-1)23-11-13-25-27-17-19(9-15-31(27)39-35(25)33(23)37-29)20-10-16-32-28(18-20)26-14-12-24-22-6-2-4-8-30(22)38-34(24)36(26)40-32/h1-18H. The average molecular weight is 515 g/mol. The molecule has 10 aromatic rings. The van der Waals surface area contributed by atoms with Crippen LogP contribution in [0.25, 0.3) is 98.9 Å². The maximum atomic E-state index is 6.35. The smallest absolute Gasteiger partial charge is 0.178 e. The number of para-hydroxylation sites is 2. The molecule has 0 spiro atoms. The largest absolute Gasteiger partial charge is 0.452 e. The predicted molar refractivity (Wildman–Crippen MR) is 161 cm³/mol. The lowest BCUT2D eigenvalue weighted by molar-refractivity contribution is 0.633. The molecule has 6 aromatic carbocycles. The highest BCUT2D eigenvalue weighted by molar-refractivity contribution is 6.20. The molecule has 0 radical (unpaired) electrons. The summed E-state index contributed by atoms with van der Waals surface area (Å²) in [5.74, 6) is 0. The number of hydrogen-bond acceptors (Lipinski definition) is 4. The van der Waals surface area contributed by atoms with Crippen molar-refractivity contribution in [2.45, 2.75) is 0 Å². The Kier molecular flexibility index (Phi) is 3.65. The van der Waals surface area contributed by atoms with Gasteiger partial charge in [0, 0.05) is 43.1 Å². The molecule has 0 atom stereocenters. The topological polar surface area (TPSA) is 52.6 Å². The van der Waals surface area contributed by atoms with Gasteiger partial charge < -0.3 is 17.7 Å². The van der Waals surface area contributed by atoms with Crippen molar-refractivity contribution < 1.29 is 17.7 Å². The van der Waals surface area contributed by atoms with Gasteiger partial charge in [0.05, 0.1) is 0 Å². The van der Waals surface area contributed by atoms with E-state index in [4.69, 9.17) is 17.7 Å². The Morgan fingerprint density at radius 1 is 0.275 bits per heavy atom. The van der Waals surface area contributed by atoms with Gasteiger partial charge in [0.15, 0.2) is 22.3 Å². The summed E-state index contributed by atoms with van der Waals surface area (Å²) in [5.41, 5.74) is 8.79. The first-order valence-electron chi connectivity index (χ1n) is 13.3. The molecule has 4 nitrogen and oxygen atoms in total. The molecule has 0 unspecified atom stereocenters. The van der Waals surface area contributed by atoms with E-state index in [1.807, 2.05) is 36.4 Å². The molecule has 10 rings (SSSR count). The normalized spacial score (nSPS) is 12.5. The van der Waals surface area contributed by atoms with Crippen LogP contribution in [0.1, 0.15) is 0 Å². The van der Waals surface area contributed by atoms with Crippen LogP contribution in [0.5, 0.6) is 0 Å². The van der Waals surface area contributed by atoms with E-state index < -0.39 is 0 Å². The molecule has 0 saturated carbocycles. The van der Waals surface area contributed by atoms with Gasteiger partial charge in [-0.15, -0.1) is 0 Å². The fraction of sp³-hybridized carbons (Fsp3) is 0. The van der Waals surface area contributed by atoms with Crippen LogP contribution < -0.4 is 0 Å². The molecule has 0 N–H and O–H groups in total. The van der Waals surface area contributed by atoms with Crippen molar-refractivity contribution in [3.05, 3.63) is 109 Å². The third-order valence-electron chi connectivity index (χ3n) is 8.30. The molecular formula is C36H18O4. The minimum absolute atomic E-state index is 0.784. The minimum atomic E-state index is 0.784. The summed E-state index contributed by atoms with van der Waals surface area (Å²) in [7, 11) is 0. The Bertz CT molecular complexity index is 2470. The van der Waals surface area contributed by atoms with Gasteiger partial charge in [-0.25, -0.2) is 0 Å². The Morgan fingerprint density at radius 2 is 0.625 bits per heavy atom. The van der Waals surface area contributed by atoms with Crippen LogP contribution in [0.15, 0.2) is 127 Å². The van der Waals surface area contributed by atoms with Crippen LogP contribution in [0.2, 0.25) is 0 Å². The monoisotopic (exact) mass is 514 g/mol. The first-order valence-corrected chi connectivity index (χ1v) is 13.3. The lowest BCUT2D eigenvalue weighted by Gasteiger charge is -2.02. The van der Waals surface area contributed by atoms with E-state index in [1.54, 1.807) is 0 Å². The SMILES string of the molecule is c1ccc2c(c1)oc1c2ccc2c3cc(-c4ccc5oc6c(ccc7c8ccccc8oc76)c5c4)ccc3oc21. The third kappa shape index (κ3) is 2.55. The second-order valence-corrected chi connectivity index (χ2v) is 10.5. The van der Waals surface area contributed by atoms with Crippen LogP contribution in [-0.4, -0.2) is 0 Å². The highest BCUT2D eigenvalue weighted by atomic mass is 16.4. The Hall–Kier alpha value is -5.48. The van der Waals surface area contributed by atoms with E-state index in [9.17, 15) is 0 Å². The lowest BCUT2D eigenvalue weighted by Crippen LogP contribution is -1.78. The maximum Gasteiger partial charge on any atom is 0.178 e. The number of fused-ring (bicyclic) bond motifs is 14. The first-order chi connectivity index (χ1) is 19.8. The van der Waals surface area contributed by atoms with E-state index in [0.717, 1.165) is 98.9 Å². The first kappa shape index (κ1) is 20.5. The molecule has 0 aliphatic rings. The summed E-state index contributed by atoms with van der Waals surface area (Å²) >= 11 is 0. The molecule has 0 amide bonds. The molecular weight excluding hydrogens is 496 g/mol. The Morgan fingerprint density at radius 3 is 1.05 bits per heavy atom. The second-order valence-electron chi connectivity index (χ2n) is 10.5. The quantitative estimate of drug-likeness (QED) is 0.219. The molecule has 0 aliphatic heterocycles. The molecule has 4 heterocycles. The summed E-state index contributed by atoms with van der Waals surface area (Å²) in [6.45, 7) is 0. The van der Waals surface area contributed by atoms with Gasteiger partial charge in [0.25, 0.3) is 0 Å². The zero-order valence-electron chi connectivity index (χ0n) is 21.0. The van der Waals surface area contributed by atoms with Crippen LogP contribution >= 0.6 is 0 Å². The molecule has 40 heavy (non-hydrogen) atoms. The van der Waals surface area contributed by atoms with E-state index >= 15 is 0 Å². The summed E-state index contributed by atoms with van der Waals surface area (Å²) in [6, 6.07) is 37.5. The zero-order valence-corrected chi connectivity index (χ0v) is 21.0. The lowest BCUT2D eigenvalue weighted by atomic mass is 10.00. The summed E-state index contributed by atoms with van der Waals surface area (Å²) in [6.07, 6.45) is 0. The molecule has 4 heteroatoms. The van der Waals surface area contributed by atoms with Gasteiger partial charge >= 0.3 is 0 Å². The van der Waals surface area contributed by atoms with Crippen molar-refractivity contribution in [3.63, 3.8) is 0 Å². The maximum absolute atomic E-state index is 6.35. The zero-order chi connectivity index (χ0) is 25.9. The predicted octanol–water partition coefficient (Wildman–Crippen LogP) is 11.0. The summed E-state index contributed by atoms with van der Waals surface area (Å²) in [4.78, 5) is 0. The fourth-order valence-corrected chi connectivity index (χ4v) is 6.39. The Labute approximate surface area is 225 Å². The molecule has 0 aliphatic carbocycles. The number of furan rings is 4. The summed E-state index contributed by atoms with van der Waals surface area (Å²) in [5, 5.41) is 8.56. The van der Waals surface area contributed by atoms with Crippen molar-refractivity contribution in [1.82, 2.24) is 0 Å².